The molecule has 0 bridgehead atoms. The number of hydrogen-bond acceptors (Lipinski definition) is 2. The molecule has 1 aromatic carbocycles. The average Bonchev–Trinajstić information content (AvgIpc) is 2.27. The molecule has 1 aromatic rings. The molecule has 0 unspecified atom stereocenters. The molecule has 0 fully saturated rings. The quantitative estimate of drug-likeness (QED) is 0.743. The molecule has 0 atom stereocenters. The van der Waals surface area contributed by atoms with Gasteiger partial charge in [-0.05, 0) is 19.4 Å². The van der Waals surface area contributed by atoms with E-state index >= 15 is 0 Å². The minimum atomic E-state index is 0.712. The first kappa shape index (κ1) is 12.9. The third-order valence-electron chi connectivity index (χ3n) is 2.45. The average molecular weight is 218 g/mol. The monoisotopic (exact) mass is 218 g/mol. The highest BCUT2D eigenvalue weighted by atomic mass is 15.1. The van der Waals surface area contributed by atoms with Crippen molar-refractivity contribution in [2.24, 2.45) is 5.73 Å². The van der Waals surface area contributed by atoms with Gasteiger partial charge in [0.2, 0.25) is 0 Å². The van der Waals surface area contributed by atoms with Crippen LogP contribution in [-0.4, -0.2) is 24.5 Å². The maximum Gasteiger partial charge on any atom is 0.0237 e. The molecule has 16 heavy (non-hydrogen) atoms. The molecule has 0 saturated carbocycles. The molecule has 0 amide bonds. The van der Waals surface area contributed by atoms with Crippen molar-refractivity contribution in [2.45, 2.75) is 20.4 Å². The molecule has 88 valence electrons. The van der Waals surface area contributed by atoms with Gasteiger partial charge in [-0.25, -0.2) is 0 Å². The minimum Gasteiger partial charge on any atom is -0.329 e. The Labute approximate surface area is 98.8 Å². The zero-order chi connectivity index (χ0) is 11.8. The molecular weight excluding hydrogens is 196 g/mol. The highest BCUT2D eigenvalue weighted by Crippen LogP contribution is 2.04. The molecule has 0 heterocycles. The van der Waals surface area contributed by atoms with Crippen molar-refractivity contribution in [1.29, 1.82) is 0 Å². The van der Waals surface area contributed by atoms with Crippen LogP contribution in [0.2, 0.25) is 0 Å². The number of nitrogens with zero attached hydrogens (tertiary/aromatic N) is 1. The summed E-state index contributed by atoms with van der Waals surface area (Å²) in [6, 6.07) is 10.5. The van der Waals surface area contributed by atoms with Crippen molar-refractivity contribution in [1.82, 2.24) is 4.90 Å². The third-order valence-corrected chi connectivity index (χ3v) is 2.45. The zero-order valence-corrected chi connectivity index (χ0v) is 10.3. The summed E-state index contributed by atoms with van der Waals surface area (Å²) in [6.45, 7) is 7.87. The molecule has 0 aromatic heterocycles. The third kappa shape index (κ3) is 5.10. The second-order valence-electron chi connectivity index (χ2n) is 4.29. The number of hydrogen-bond donors (Lipinski definition) is 1. The van der Waals surface area contributed by atoms with E-state index in [-0.39, 0.29) is 0 Å². The van der Waals surface area contributed by atoms with Crippen molar-refractivity contribution < 1.29 is 0 Å². The van der Waals surface area contributed by atoms with Crippen LogP contribution in [0.3, 0.4) is 0 Å². The van der Waals surface area contributed by atoms with Crippen LogP contribution < -0.4 is 5.73 Å². The second kappa shape index (κ2) is 7.20. The Kier molecular flexibility index (Phi) is 5.83. The Morgan fingerprint density at radius 3 is 2.50 bits per heavy atom. The van der Waals surface area contributed by atoms with Gasteiger partial charge in [0.05, 0.1) is 0 Å². The number of benzene rings is 1. The number of nitrogens with two attached hydrogens (primary N) is 1. The fraction of sp³-hybridized carbons (Fsp3) is 0.429. The lowest BCUT2D eigenvalue weighted by Gasteiger charge is -2.20. The summed E-state index contributed by atoms with van der Waals surface area (Å²) in [5.41, 5.74) is 8.33. The van der Waals surface area contributed by atoms with Crippen molar-refractivity contribution in [3.8, 4) is 0 Å². The predicted octanol–water partition coefficient (Wildman–Crippen LogP) is 2.41. The van der Waals surface area contributed by atoms with Gasteiger partial charge in [0.25, 0.3) is 0 Å². The fourth-order valence-electron chi connectivity index (χ4n) is 1.57. The Balaban J connectivity index is 2.54. The molecule has 2 heteroatoms. The van der Waals surface area contributed by atoms with Gasteiger partial charge in [0.15, 0.2) is 0 Å². The highest BCUT2D eigenvalue weighted by Gasteiger charge is 2.02. The summed E-state index contributed by atoms with van der Waals surface area (Å²) in [7, 11) is 0. The largest absolute Gasteiger partial charge is 0.329 e. The smallest absolute Gasteiger partial charge is 0.0237 e. The van der Waals surface area contributed by atoms with Crippen molar-refractivity contribution in [3.63, 3.8) is 0 Å². The van der Waals surface area contributed by atoms with Crippen LogP contribution in [0.1, 0.15) is 19.4 Å². The Hall–Kier alpha value is -1.12. The maximum absolute atomic E-state index is 5.63. The van der Waals surface area contributed by atoms with Crippen LogP contribution in [-0.2, 0) is 6.54 Å². The van der Waals surface area contributed by atoms with Gasteiger partial charge in [-0.1, -0.05) is 42.0 Å². The molecule has 1 rings (SSSR count). The molecule has 0 spiro atoms. The molecule has 0 aliphatic heterocycles. The number of rotatable bonds is 6. The molecule has 0 aliphatic carbocycles. The van der Waals surface area contributed by atoms with E-state index in [1.54, 1.807) is 0 Å². The Bertz CT molecular complexity index is 313. The van der Waals surface area contributed by atoms with E-state index in [2.05, 4.69) is 49.1 Å². The van der Waals surface area contributed by atoms with Gasteiger partial charge in [-0.15, -0.1) is 0 Å². The van der Waals surface area contributed by atoms with Crippen LogP contribution >= 0.6 is 0 Å². The van der Waals surface area contributed by atoms with E-state index in [0.717, 1.165) is 19.6 Å². The lowest BCUT2D eigenvalue weighted by molar-refractivity contribution is 0.302. The topological polar surface area (TPSA) is 29.3 Å². The van der Waals surface area contributed by atoms with E-state index in [0.29, 0.717) is 6.54 Å². The summed E-state index contributed by atoms with van der Waals surface area (Å²) < 4.78 is 0. The summed E-state index contributed by atoms with van der Waals surface area (Å²) in [4.78, 5) is 2.36. The van der Waals surface area contributed by atoms with E-state index in [1.165, 1.54) is 11.1 Å². The first-order chi connectivity index (χ1) is 7.72. The first-order valence-electron chi connectivity index (χ1n) is 5.82. The SMILES string of the molecule is CC(C)=CCN(CCN)Cc1ccccc1. The Morgan fingerprint density at radius 2 is 1.94 bits per heavy atom. The van der Waals surface area contributed by atoms with Crippen molar-refractivity contribution >= 4 is 0 Å². The maximum atomic E-state index is 5.63. The molecular formula is C14H22N2. The van der Waals surface area contributed by atoms with E-state index in [1.807, 2.05) is 6.07 Å². The summed E-state index contributed by atoms with van der Waals surface area (Å²) in [5.74, 6) is 0. The van der Waals surface area contributed by atoms with Gasteiger partial charge >= 0.3 is 0 Å². The van der Waals surface area contributed by atoms with Crippen LogP contribution in [0.5, 0.6) is 0 Å². The lowest BCUT2D eigenvalue weighted by Crippen LogP contribution is -2.29. The van der Waals surface area contributed by atoms with Gasteiger partial charge in [0.1, 0.15) is 0 Å². The van der Waals surface area contributed by atoms with Gasteiger partial charge in [0, 0.05) is 26.2 Å². The molecule has 0 aliphatic rings. The van der Waals surface area contributed by atoms with Gasteiger partial charge in [-0.3, -0.25) is 4.90 Å². The minimum absolute atomic E-state index is 0.712. The second-order valence-corrected chi connectivity index (χ2v) is 4.29. The van der Waals surface area contributed by atoms with Crippen LogP contribution in [0.25, 0.3) is 0 Å². The Morgan fingerprint density at radius 1 is 1.25 bits per heavy atom. The standard InChI is InChI=1S/C14H22N2/c1-13(2)8-10-16(11-9-15)12-14-6-4-3-5-7-14/h3-8H,9-12,15H2,1-2H3. The van der Waals surface area contributed by atoms with E-state index in [4.69, 9.17) is 5.73 Å². The zero-order valence-electron chi connectivity index (χ0n) is 10.3. The lowest BCUT2D eigenvalue weighted by atomic mass is 10.2. The van der Waals surface area contributed by atoms with Crippen molar-refractivity contribution in [2.75, 3.05) is 19.6 Å². The van der Waals surface area contributed by atoms with Gasteiger partial charge < -0.3 is 5.73 Å². The molecule has 0 saturated heterocycles. The predicted molar refractivity (Wildman–Crippen MR) is 70.2 cm³/mol. The highest BCUT2D eigenvalue weighted by molar-refractivity contribution is 5.14. The fourth-order valence-corrected chi connectivity index (χ4v) is 1.57. The van der Waals surface area contributed by atoms with Crippen molar-refractivity contribution in [3.05, 3.63) is 47.5 Å². The van der Waals surface area contributed by atoms with Crippen LogP contribution in [0, 0.1) is 0 Å². The van der Waals surface area contributed by atoms with Crippen LogP contribution in [0.4, 0.5) is 0 Å². The first-order valence-corrected chi connectivity index (χ1v) is 5.82. The number of allylic oxidation sites excluding steroid dienone is 1. The summed E-state index contributed by atoms with van der Waals surface area (Å²) in [5, 5.41) is 0. The summed E-state index contributed by atoms with van der Waals surface area (Å²) in [6.07, 6.45) is 2.25. The van der Waals surface area contributed by atoms with E-state index < -0.39 is 0 Å². The normalized spacial score (nSPS) is 10.5. The van der Waals surface area contributed by atoms with E-state index in [9.17, 15) is 0 Å². The summed E-state index contributed by atoms with van der Waals surface area (Å²) >= 11 is 0. The molecule has 0 radical (unpaired) electrons. The van der Waals surface area contributed by atoms with Crippen LogP contribution in [0.15, 0.2) is 42.0 Å². The van der Waals surface area contributed by atoms with Gasteiger partial charge in [-0.2, -0.15) is 0 Å². The molecule has 2 nitrogen and oxygen atoms in total. The molecule has 2 N–H and O–H groups in total.